The van der Waals surface area contributed by atoms with Gasteiger partial charge in [0.25, 0.3) is 0 Å². The van der Waals surface area contributed by atoms with Crippen molar-refractivity contribution in [1.29, 1.82) is 0 Å². The van der Waals surface area contributed by atoms with E-state index < -0.39 is 0 Å². The Morgan fingerprint density at radius 1 is 1.44 bits per heavy atom. The summed E-state index contributed by atoms with van der Waals surface area (Å²) in [5, 5.41) is 6.14. The van der Waals surface area contributed by atoms with Crippen LogP contribution < -0.4 is 10.6 Å². The van der Waals surface area contributed by atoms with Crippen molar-refractivity contribution in [2.45, 2.75) is 26.7 Å². The van der Waals surface area contributed by atoms with Crippen LogP contribution in [0.1, 0.15) is 25.3 Å². The predicted octanol–water partition coefficient (Wildman–Crippen LogP) is 4.08. The molecule has 1 aliphatic rings. The Morgan fingerprint density at radius 2 is 2.17 bits per heavy atom. The first kappa shape index (κ1) is 13.0. The molecule has 18 heavy (non-hydrogen) atoms. The Hall–Kier alpha value is -1.48. The van der Waals surface area contributed by atoms with Crippen LogP contribution in [-0.2, 0) is 0 Å². The van der Waals surface area contributed by atoms with Crippen molar-refractivity contribution in [1.82, 2.24) is 5.32 Å². The zero-order valence-electron chi connectivity index (χ0n) is 10.6. The van der Waals surface area contributed by atoms with Gasteiger partial charge in [0, 0.05) is 16.9 Å². The molecule has 0 heterocycles. The molecule has 1 fully saturated rings. The van der Waals surface area contributed by atoms with Gasteiger partial charge in [-0.25, -0.2) is 4.79 Å². The topological polar surface area (TPSA) is 41.1 Å². The average Bonchev–Trinajstić information content (AvgIpc) is 3.15. The van der Waals surface area contributed by atoms with Crippen LogP contribution in [0.15, 0.2) is 30.0 Å². The lowest BCUT2D eigenvalue weighted by atomic mass is 10.2. The van der Waals surface area contributed by atoms with Gasteiger partial charge in [0.15, 0.2) is 0 Å². The normalized spacial score (nSPS) is 15.4. The smallest absolute Gasteiger partial charge is 0.314 e. The van der Waals surface area contributed by atoms with E-state index in [1.165, 1.54) is 18.4 Å². The molecular formula is C14H17ClN2O. The number of carbonyl (C=O) groups is 1. The zero-order valence-corrected chi connectivity index (χ0v) is 11.3. The third-order valence-corrected chi connectivity index (χ3v) is 3.34. The Kier molecular flexibility index (Phi) is 3.92. The third-order valence-electron chi connectivity index (χ3n) is 3.10. The number of allylic oxidation sites excluding steroid dienone is 1. The number of hydrogen-bond donors (Lipinski definition) is 2. The molecule has 0 aromatic heterocycles. The second-order valence-electron chi connectivity index (χ2n) is 4.72. The van der Waals surface area contributed by atoms with Gasteiger partial charge in [-0.1, -0.05) is 23.2 Å². The number of aryl methyl sites for hydroxylation is 1. The predicted molar refractivity (Wildman–Crippen MR) is 74.8 cm³/mol. The highest BCUT2D eigenvalue weighted by Gasteiger charge is 2.22. The maximum atomic E-state index is 11.7. The molecule has 96 valence electrons. The highest BCUT2D eigenvalue weighted by Crippen LogP contribution is 2.35. The molecule has 0 spiro atoms. The minimum absolute atomic E-state index is 0.236. The molecule has 1 aliphatic carbocycles. The Balaban J connectivity index is 1.94. The van der Waals surface area contributed by atoms with Crippen molar-refractivity contribution in [2.24, 2.45) is 5.92 Å². The molecule has 2 N–H and O–H groups in total. The van der Waals surface area contributed by atoms with Crippen molar-refractivity contribution < 1.29 is 4.79 Å². The second kappa shape index (κ2) is 5.44. The van der Waals surface area contributed by atoms with Gasteiger partial charge in [-0.15, -0.1) is 0 Å². The monoisotopic (exact) mass is 264 g/mol. The van der Waals surface area contributed by atoms with Gasteiger partial charge in [0.1, 0.15) is 0 Å². The lowest BCUT2D eigenvalue weighted by Crippen LogP contribution is -2.24. The summed E-state index contributed by atoms with van der Waals surface area (Å²) in [6, 6.07) is 5.19. The van der Waals surface area contributed by atoms with Crippen molar-refractivity contribution in [3.63, 3.8) is 0 Å². The summed E-state index contributed by atoms with van der Waals surface area (Å²) in [5.41, 5.74) is 2.95. The second-order valence-corrected chi connectivity index (χ2v) is 5.16. The number of halogens is 1. The number of benzene rings is 1. The number of anilines is 1. The van der Waals surface area contributed by atoms with Gasteiger partial charge in [-0.3, -0.25) is 0 Å². The van der Waals surface area contributed by atoms with E-state index >= 15 is 0 Å². The molecule has 2 rings (SSSR count). The summed E-state index contributed by atoms with van der Waals surface area (Å²) in [5.74, 6) is 0.665. The van der Waals surface area contributed by atoms with Crippen molar-refractivity contribution in [3.05, 3.63) is 40.6 Å². The molecule has 0 bridgehead atoms. The zero-order chi connectivity index (χ0) is 13.1. The maximum Gasteiger partial charge on any atom is 0.323 e. The molecule has 2 amide bonds. The summed E-state index contributed by atoms with van der Waals surface area (Å²) in [6.45, 7) is 3.97. The van der Waals surface area contributed by atoms with Crippen LogP contribution in [0, 0.1) is 12.8 Å². The van der Waals surface area contributed by atoms with Crippen LogP contribution in [0.5, 0.6) is 0 Å². The van der Waals surface area contributed by atoms with Gasteiger partial charge in [0.05, 0.1) is 0 Å². The number of urea groups is 1. The Morgan fingerprint density at radius 3 is 2.83 bits per heavy atom. The van der Waals surface area contributed by atoms with Gasteiger partial charge < -0.3 is 10.6 Å². The summed E-state index contributed by atoms with van der Waals surface area (Å²) in [7, 11) is 0. The lowest BCUT2D eigenvalue weighted by Gasteiger charge is -2.08. The molecule has 1 aromatic rings. The van der Waals surface area contributed by atoms with Crippen LogP contribution in [0.3, 0.4) is 0 Å². The Labute approximate surface area is 112 Å². The molecule has 3 nitrogen and oxygen atoms in total. The highest BCUT2D eigenvalue weighted by atomic mass is 35.5. The van der Waals surface area contributed by atoms with Gasteiger partial charge >= 0.3 is 6.03 Å². The van der Waals surface area contributed by atoms with Crippen molar-refractivity contribution in [3.8, 4) is 0 Å². The first-order valence-corrected chi connectivity index (χ1v) is 6.44. The molecule has 1 aromatic carbocycles. The van der Waals surface area contributed by atoms with E-state index in [1.807, 2.05) is 19.9 Å². The maximum absolute atomic E-state index is 11.7. The van der Waals surface area contributed by atoms with Crippen LogP contribution in [0.4, 0.5) is 10.5 Å². The van der Waals surface area contributed by atoms with Crippen LogP contribution >= 0.6 is 11.6 Å². The first-order chi connectivity index (χ1) is 8.56. The summed E-state index contributed by atoms with van der Waals surface area (Å²) in [6.07, 6.45) is 4.25. The molecule has 0 saturated heterocycles. The van der Waals surface area contributed by atoms with Crippen molar-refractivity contribution >= 4 is 23.3 Å². The fraction of sp³-hybridized carbons (Fsp3) is 0.357. The van der Waals surface area contributed by atoms with Crippen LogP contribution in [0.2, 0.25) is 5.02 Å². The van der Waals surface area contributed by atoms with E-state index in [-0.39, 0.29) is 6.03 Å². The number of carbonyl (C=O) groups excluding carboxylic acids is 1. The minimum atomic E-state index is -0.236. The molecule has 4 heteroatoms. The molecule has 1 saturated carbocycles. The Bertz CT molecular complexity index is 493. The largest absolute Gasteiger partial charge is 0.323 e. The number of nitrogens with one attached hydrogen (secondary N) is 2. The fourth-order valence-electron chi connectivity index (χ4n) is 1.72. The molecule has 0 radical (unpaired) electrons. The van der Waals surface area contributed by atoms with E-state index in [1.54, 1.807) is 18.3 Å². The summed E-state index contributed by atoms with van der Waals surface area (Å²) < 4.78 is 0. The van der Waals surface area contributed by atoms with Gasteiger partial charge in [-0.05, 0) is 50.3 Å². The molecular weight excluding hydrogens is 248 g/mol. The van der Waals surface area contributed by atoms with Crippen LogP contribution in [0.25, 0.3) is 0 Å². The number of hydrogen-bond acceptors (Lipinski definition) is 1. The molecule has 0 unspecified atom stereocenters. The molecule has 0 aliphatic heterocycles. The standard InChI is InChI=1S/C14H17ClN2O/c1-9-3-6-12(15)7-13(9)17-14(18)16-8-10(2)11-4-5-11/h3,6-8,11H,4-5H2,1-2H3,(H2,16,17,18)/b10-8+. The quantitative estimate of drug-likeness (QED) is 0.848. The van der Waals surface area contributed by atoms with Crippen molar-refractivity contribution in [2.75, 3.05) is 5.32 Å². The van der Waals surface area contributed by atoms with E-state index in [4.69, 9.17) is 11.6 Å². The average molecular weight is 265 g/mol. The van der Waals surface area contributed by atoms with E-state index in [9.17, 15) is 4.79 Å². The fourth-order valence-corrected chi connectivity index (χ4v) is 1.90. The van der Waals surface area contributed by atoms with E-state index in [0.29, 0.717) is 10.9 Å². The minimum Gasteiger partial charge on any atom is -0.314 e. The van der Waals surface area contributed by atoms with E-state index in [2.05, 4.69) is 10.6 Å². The van der Waals surface area contributed by atoms with E-state index in [0.717, 1.165) is 11.3 Å². The van der Waals surface area contributed by atoms with Gasteiger partial charge in [0.2, 0.25) is 0 Å². The molecule has 0 atom stereocenters. The summed E-state index contributed by atoms with van der Waals surface area (Å²) in [4.78, 5) is 11.7. The number of rotatable bonds is 3. The third kappa shape index (κ3) is 3.50. The highest BCUT2D eigenvalue weighted by molar-refractivity contribution is 6.31. The SMILES string of the molecule is C/C(=C\NC(=O)Nc1cc(Cl)ccc1C)C1CC1. The summed E-state index contributed by atoms with van der Waals surface area (Å²) >= 11 is 5.89. The number of amides is 2. The van der Waals surface area contributed by atoms with Gasteiger partial charge in [-0.2, -0.15) is 0 Å². The van der Waals surface area contributed by atoms with Crippen LogP contribution in [-0.4, -0.2) is 6.03 Å². The lowest BCUT2D eigenvalue weighted by molar-refractivity contribution is 0.255. The first-order valence-electron chi connectivity index (χ1n) is 6.06.